The highest BCUT2D eigenvalue weighted by Crippen LogP contribution is 2.19. The van der Waals surface area contributed by atoms with Crippen LogP contribution in [0.15, 0.2) is 50.4 Å². The molecule has 0 atom stereocenters. The van der Waals surface area contributed by atoms with E-state index in [0.29, 0.717) is 5.75 Å². The summed E-state index contributed by atoms with van der Waals surface area (Å²) in [6, 6.07) is 9.22. The Bertz CT molecular complexity index is 750. The minimum absolute atomic E-state index is 0.0676. The number of carboxylic acids is 1. The van der Waals surface area contributed by atoms with E-state index < -0.39 is 21.6 Å². The number of sulfone groups is 1. The highest BCUT2D eigenvalue weighted by atomic mass is 79.9. The van der Waals surface area contributed by atoms with Gasteiger partial charge in [0.25, 0.3) is 0 Å². The first-order valence-corrected chi connectivity index (χ1v) is 8.27. The number of rotatable bonds is 6. The summed E-state index contributed by atoms with van der Waals surface area (Å²) in [7, 11) is -3.72. The lowest BCUT2D eigenvalue weighted by atomic mass is 10.3. The van der Waals surface area contributed by atoms with Gasteiger partial charge in [-0.2, -0.15) is 0 Å². The molecule has 2 aromatic rings. The molecule has 0 radical (unpaired) electrons. The van der Waals surface area contributed by atoms with Crippen molar-refractivity contribution < 1.29 is 27.5 Å². The van der Waals surface area contributed by atoms with Crippen LogP contribution in [-0.2, 0) is 9.84 Å². The SMILES string of the molecule is O=C(O)c1ccc(S(=O)(=O)CCOc2cccc(Br)c2)o1. The lowest BCUT2D eigenvalue weighted by Gasteiger charge is -2.06. The van der Waals surface area contributed by atoms with Crippen LogP contribution in [-0.4, -0.2) is 31.9 Å². The molecule has 1 N–H and O–H groups in total. The largest absolute Gasteiger partial charge is 0.492 e. The van der Waals surface area contributed by atoms with E-state index >= 15 is 0 Å². The Morgan fingerprint density at radius 1 is 1.29 bits per heavy atom. The van der Waals surface area contributed by atoms with Gasteiger partial charge in [0.2, 0.25) is 20.7 Å². The number of furan rings is 1. The zero-order valence-corrected chi connectivity index (χ0v) is 13.1. The third-order valence-corrected chi connectivity index (χ3v) is 4.55. The van der Waals surface area contributed by atoms with E-state index in [4.69, 9.17) is 14.3 Å². The maximum Gasteiger partial charge on any atom is 0.371 e. The standard InChI is InChI=1S/C13H11BrO6S/c14-9-2-1-3-10(8-9)19-6-7-21(17,18)12-5-4-11(20-12)13(15)16/h1-5,8H,6-7H2,(H,15,16). The number of hydrogen-bond donors (Lipinski definition) is 1. The molecule has 0 spiro atoms. The number of carbonyl (C=O) groups is 1. The highest BCUT2D eigenvalue weighted by molar-refractivity contribution is 9.10. The van der Waals surface area contributed by atoms with Gasteiger partial charge in [-0.05, 0) is 30.3 Å². The number of carboxylic acid groups (broad SMARTS) is 1. The molecular weight excluding hydrogens is 364 g/mol. The van der Waals surface area contributed by atoms with Crippen molar-refractivity contribution in [3.63, 3.8) is 0 Å². The normalized spacial score (nSPS) is 11.3. The predicted octanol–water partition coefficient (Wildman–Crippen LogP) is 2.59. The van der Waals surface area contributed by atoms with Crippen LogP contribution in [0, 0.1) is 0 Å². The van der Waals surface area contributed by atoms with Crippen molar-refractivity contribution in [3.05, 3.63) is 46.6 Å². The number of aromatic carboxylic acids is 1. The quantitative estimate of drug-likeness (QED) is 0.834. The summed E-state index contributed by atoms with van der Waals surface area (Å²) in [5.41, 5.74) is 0. The highest BCUT2D eigenvalue weighted by Gasteiger charge is 2.21. The topological polar surface area (TPSA) is 93.8 Å². The van der Waals surface area contributed by atoms with Gasteiger partial charge in [0.1, 0.15) is 12.4 Å². The van der Waals surface area contributed by atoms with E-state index in [0.717, 1.165) is 16.6 Å². The number of ether oxygens (including phenoxy) is 1. The number of halogens is 1. The van der Waals surface area contributed by atoms with Crippen molar-refractivity contribution in [3.8, 4) is 5.75 Å². The average molecular weight is 375 g/mol. The molecule has 0 saturated heterocycles. The van der Waals surface area contributed by atoms with Gasteiger partial charge in [0.05, 0.1) is 5.75 Å². The van der Waals surface area contributed by atoms with E-state index in [1.54, 1.807) is 18.2 Å². The summed E-state index contributed by atoms with van der Waals surface area (Å²) in [6.07, 6.45) is 0. The smallest absolute Gasteiger partial charge is 0.371 e. The van der Waals surface area contributed by atoms with Crippen LogP contribution in [0.4, 0.5) is 0 Å². The predicted molar refractivity (Wildman–Crippen MR) is 77.4 cm³/mol. The number of hydrogen-bond acceptors (Lipinski definition) is 5. The zero-order valence-electron chi connectivity index (χ0n) is 10.7. The molecule has 112 valence electrons. The fourth-order valence-electron chi connectivity index (χ4n) is 1.53. The van der Waals surface area contributed by atoms with Crippen LogP contribution in [0.5, 0.6) is 5.75 Å². The Morgan fingerprint density at radius 3 is 2.67 bits per heavy atom. The molecule has 2 rings (SSSR count). The molecule has 8 heteroatoms. The third kappa shape index (κ3) is 4.08. The molecule has 0 unspecified atom stereocenters. The summed E-state index contributed by atoms with van der Waals surface area (Å²) in [5, 5.41) is 8.32. The van der Waals surface area contributed by atoms with Gasteiger partial charge in [0, 0.05) is 4.47 Å². The van der Waals surface area contributed by atoms with Gasteiger partial charge in [0.15, 0.2) is 0 Å². The van der Waals surface area contributed by atoms with E-state index in [2.05, 4.69) is 15.9 Å². The zero-order chi connectivity index (χ0) is 15.5. The molecule has 21 heavy (non-hydrogen) atoms. The van der Waals surface area contributed by atoms with Crippen molar-refractivity contribution in [2.45, 2.75) is 5.09 Å². The van der Waals surface area contributed by atoms with Crippen LogP contribution in [0.25, 0.3) is 0 Å². The summed E-state index contributed by atoms with van der Waals surface area (Å²) in [6.45, 7) is -0.0676. The summed E-state index contributed by atoms with van der Waals surface area (Å²) < 4.78 is 34.8. The van der Waals surface area contributed by atoms with E-state index in [-0.39, 0.29) is 17.5 Å². The molecule has 1 heterocycles. The van der Waals surface area contributed by atoms with Crippen LogP contribution in [0.2, 0.25) is 0 Å². The molecule has 6 nitrogen and oxygen atoms in total. The van der Waals surface area contributed by atoms with Crippen LogP contribution >= 0.6 is 15.9 Å². The molecular formula is C13H11BrO6S. The van der Waals surface area contributed by atoms with Crippen LogP contribution in [0.1, 0.15) is 10.6 Å². The second kappa shape index (κ2) is 6.31. The van der Waals surface area contributed by atoms with Gasteiger partial charge in [-0.15, -0.1) is 0 Å². The van der Waals surface area contributed by atoms with E-state index in [1.165, 1.54) is 0 Å². The molecule has 0 saturated carbocycles. The first-order chi connectivity index (χ1) is 9.88. The molecule has 0 aliphatic heterocycles. The fraction of sp³-hybridized carbons (Fsp3) is 0.154. The van der Waals surface area contributed by atoms with Crippen molar-refractivity contribution in [2.75, 3.05) is 12.4 Å². The molecule has 0 fully saturated rings. The van der Waals surface area contributed by atoms with Gasteiger partial charge < -0.3 is 14.3 Å². The van der Waals surface area contributed by atoms with Gasteiger partial charge in [-0.3, -0.25) is 0 Å². The van der Waals surface area contributed by atoms with Gasteiger partial charge >= 0.3 is 5.97 Å². The molecule has 1 aromatic carbocycles. The van der Waals surface area contributed by atoms with Crippen LogP contribution < -0.4 is 4.74 Å². The first-order valence-electron chi connectivity index (χ1n) is 5.83. The van der Waals surface area contributed by atoms with Crippen molar-refractivity contribution in [1.82, 2.24) is 0 Å². The summed E-state index contributed by atoms with van der Waals surface area (Å²) in [5.74, 6) is -1.51. The van der Waals surface area contributed by atoms with Crippen molar-refractivity contribution in [2.24, 2.45) is 0 Å². The maximum atomic E-state index is 11.9. The molecule has 0 aliphatic rings. The Labute approximate surface area is 129 Å². The van der Waals surface area contributed by atoms with Gasteiger partial charge in [-0.1, -0.05) is 22.0 Å². The lowest BCUT2D eigenvalue weighted by molar-refractivity contribution is 0.0656. The Morgan fingerprint density at radius 2 is 2.05 bits per heavy atom. The number of benzene rings is 1. The minimum Gasteiger partial charge on any atom is -0.492 e. The Kier molecular flexibility index (Phi) is 4.69. The van der Waals surface area contributed by atoms with Crippen molar-refractivity contribution >= 4 is 31.7 Å². The lowest BCUT2D eigenvalue weighted by Crippen LogP contribution is -2.13. The maximum absolute atomic E-state index is 11.9. The van der Waals surface area contributed by atoms with E-state index in [9.17, 15) is 13.2 Å². The average Bonchev–Trinajstić information content (AvgIpc) is 2.89. The fourth-order valence-corrected chi connectivity index (χ4v) is 2.90. The minimum atomic E-state index is -3.72. The Balaban J connectivity index is 1.99. The monoisotopic (exact) mass is 374 g/mol. The second-order valence-corrected chi connectivity index (χ2v) is 7.00. The van der Waals surface area contributed by atoms with E-state index in [1.807, 2.05) is 6.07 Å². The molecule has 0 amide bonds. The summed E-state index contributed by atoms with van der Waals surface area (Å²) in [4.78, 5) is 10.7. The molecule has 1 aromatic heterocycles. The van der Waals surface area contributed by atoms with Crippen molar-refractivity contribution in [1.29, 1.82) is 0 Å². The Hall–Kier alpha value is -1.80. The first kappa shape index (κ1) is 15.6. The van der Waals surface area contributed by atoms with Gasteiger partial charge in [-0.25, -0.2) is 13.2 Å². The second-order valence-electron chi connectivity index (χ2n) is 4.05. The third-order valence-electron chi connectivity index (χ3n) is 2.52. The molecule has 0 bridgehead atoms. The summed E-state index contributed by atoms with van der Waals surface area (Å²) >= 11 is 3.28. The molecule has 0 aliphatic carbocycles. The van der Waals surface area contributed by atoms with Crippen LogP contribution in [0.3, 0.4) is 0 Å².